The number of carbonyl (C=O) groups is 1. The summed E-state index contributed by atoms with van der Waals surface area (Å²) in [5.41, 5.74) is 0.680. The fraction of sp³-hybridized carbons (Fsp3) is 0.312. The lowest BCUT2D eigenvalue weighted by atomic mass is 10.1. The molecule has 1 aromatic carbocycles. The van der Waals surface area contributed by atoms with E-state index in [1.807, 2.05) is 41.8 Å². The molecule has 0 bridgehead atoms. The van der Waals surface area contributed by atoms with Crippen LogP contribution >= 0.6 is 22.9 Å². The maximum atomic E-state index is 12.2. The maximum absolute atomic E-state index is 12.2. The summed E-state index contributed by atoms with van der Waals surface area (Å²) in [6, 6.07) is 11.5. The van der Waals surface area contributed by atoms with Gasteiger partial charge in [-0.3, -0.25) is 0 Å². The summed E-state index contributed by atoms with van der Waals surface area (Å²) in [4.78, 5) is 14.0. The van der Waals surface area contributed by atoms with Gasteiger partial charge in [-0.05, 0) is 23.6 Å². The SMILES string of the molecule is O=C(Nc1ccsc1Cl)N1CCC(Oc2ccccc2)CC1. The molecule has 1 aromatic heterocycles. The zero-order valence-electron chi connectivity index (χ0n) is 12.0. The number of piperidine rings is 1. The first-order valence-electron chi connectivity index (χ1n) is 7.23. The molecule has 0 saturated carbocycles. The van der Waals surface area contributed by atoms with Gasteiger partial charge in [-0.1, -0.05) is 29.8 Å². The molecule has 4 nitrogen and oxygen atoms in total. The molecule has 116 valence electrons. The number of hydrogen-bond acceptors (Lipinski definition) is 3. The molecule has 0 radical (unpaired) electrons. The first-order valence-corrected chi connectivity index (χ1v) is 8.49. The van der Waals surface area contributed by atoms with E-state index in [4.69, 9.17) is 16.3 Å². The minimum atomic E-state index is -0.0986. The van der Waals surface area contributed by atoms with Crippen molar-refractivity contribution >= 4 is 34.7 Å². The highest BCUT2D eigenvalue weighted by molar-refractivity contribution is 7.15. The van der Waals surface area contributed by atoms with E-state index in [0.717, 1.165) is 18.6 Å². The number of para-hydroxylation sites is 1. The number of anilines is 1. The second-order valence-electron chi connectivity index (χ2n) is 5.16. The first-order chi connectivity index (χ1) is 10.7. The Bertz CT molecular complexity index is 624. The van der Waals surface area contributed by atoms with Gasteiger partial charge < -0.3 is 15.0 Å². The molecule has 1 N–H and O–H groups in total. The molecule has 22 heavy (non-hydrogen) atoms. The number of halogens is 1. The van der Waals surface area contributed by atoms with E-state index >= 15 is 0 Å². The number of amides is 2. The van der Waals surface area contributed by atoms with Crippen molar-refractivity contribution in [2.45, 2.75) is 18.9 Å². The molecule has 0 unspecified atom stereocenters. The van der Waals surface area contributed by atoms with Crippen molar-refractivity contribution in [2.75, 3.05) is 18.4 Å². The second-order valence-corrected chi connectivity index (χ2v) is 6.67. The van der Waals surface area contributed by atoms with Crippen molar-refractivity contribution in [3.63, 3.8) is 0 Å². The third-order valence-corrected chi connectivity index (χ3v) is 4.80. The van der Waals surface area contributed by atoms with Crippen LogP contribution in [-0.4, -0.2) is 30.1 Å². The highest BCUT2D eigenvalue weighted by Crippen LogP contribution is 2.28. The topological polar surface area (TPSA) is 41.6 Å². The normalized spacial score (nSPS) is 15.6. The number of hydrogen-bond donors (Lipinski definition) is 1. The zero-order valence-corrected chi connectivity index (χ0v) is 13.6. The molecule has 1 aliphatic rings. The molecule has 2 heterocycles. The molecular weight excluding hydrogens is 320 g/mol. The van der Waals surface area contributed by atoms with Gasteiger partial charge in [0.25, 0.3) is 0 Å². The van der Waals surface area contributed by atoms with Crippen LogP contribution in [0.5, 0.6) is 5.75 Å². The van der Waals surface area contributed by atoms with Gasteiger partial charge in [0.1, 0.15) is 16.2 Å². The molecule has 1 saturated heterocycles. The van der Waals surface area contributed by atoms with E-state index in [0.29, 0.717) is 23.1 Å². The average Bonchev–Trinajstić information content (AvgIpc) is 2.94. The van der Waals surface area contributed by atoms with Gasteiger partial charge in [0.05, 0.1) is 5.69 Å². The van der Waals surface area contributed by atoms with Gasteiger partial charge in [-0.15, -0.1) is 11.3 Å². The number of nitrogens with zero attached hydrogens (tertiary/aromatic N) is 1. The highest BCUT2D eigenvalue weighted by Gasteiger charge is 2.24. The summed E-state index contributed by atoms with van der Waals surface area (Å²) in [5, 5.41) is 4.71. The largest absolute Gasteiger partial charge is 0.490 e. The zero-order chi connectivity index (χ0) is 15.4. The van der Waals surface area contributed by atoms with Gasteiger partial charge in [0.2, 0.25) is 0 Å². The van der Waals surface area contributed by atoms with Crippen molar-refractivity contribution in [3.05, 3.63) is 46.1 Å². The van der Waals surface area contributed by atoms with Gasteiger partial charge in [-0.25, -0.2) is 4.79 Å². The number of likely N-dealkylation sites (tertiary alicyclic amines) is 1. The van der Waals surface area contributed by atoms with Crippen molar-refractivity contribution in [3.8, 4) is 5.75 Å². The van der Waals surface area contributed by atoms with Crippen LogP contribution in [0.1, 0.15) is 12.8 Å². The van der Waals surface area contributed by atoms with Crippen molar-refractivity contribution in [1.82, 2.24) is 4.90 Å². The summed E-state index contributed by atoms with van der Waals surface area (Å²) in [5.74, 6) is 0.885. The lowest BCUT2D eigenvalue weighted by molar-refractivity contribution is 0.115. The summed E-state index contributed by atoms with van der Waals surface area (Å²) in [6.07, 6.45) is 1.83. The minimum absolute atomic E-state index is 0.0986. The van der Waals surface area contributed by atoms with E-state index in [1.165, 1.54) is 11.3 Å². The van der Waals surface area contributed by atoms with E-state index in [-0.39, 0.29) is 12.1 Å². The Morgan fingerprint density at radius 2 is 1.95 bits per heavy atom. The standard InChI is InChI=1S/C16H17ClN2O2S/c17-15-14(8-11-22-15)18-16(20)19-9-6-13(7-10-19)21-12-4-2-1-3-5-12/h1-5,8,11,13H,6-7,9-10H2,(H,18,20). The summed E-state index contributed by atoms with van der Waals surface area (Å²) in [6.45, 7) is 1.37. The predicted octanol–water partition coefficient (Wildman–Crippen LogP) is 4.48. The lowest BCUT2D eigenvalue weighted by Gasteiger charge is -2.32. The van der Waals surface area contributed by atoms with E-state index in [1.54, 1.807) is 4.90 Å². The Labute approximate surface area is 138 Å². The molecular formula is C16H17ClN2O2S. The number of carbonyl (C=O) groups excluding carboxylic acids is 1. The number of thiophene rings is 1. The molecule has 1 fully saturated rings. The number of urea groups is 1. The quantitative estimate of drug-likeness (QED) is 0.898. The number of rotatable bonds is 3. The van der Waals surface area contributed by atoms with Gasteiger partial charge in [0, 0.05) is 25.9 Å². The van der Waals surface area contributed by atoms with Crippen molar-refractivity contribution < 1.29 is 9.53 Å². The van der Waals surface area contributed by atoms with Crippen molar-refractivity contribution in [2.24, 2.45) is 0 Å². The number of ether oxygens (including phenoxy) is 1. The molecule has 2 amide bonds. The summed E-state index contributed by atoms with van der Waals surface area (Å²) >= 11 is 7.41. The van der Waals surface area contributed by atoms with Gasteiger partial charge >= 0.3 is 6.03 Å². The van der Waals surface area contributed by atoms with E-state index < -0.39 is 0 Å². The van der Waals surface area contributed by atoms with Crippen LogP contribution in [0.4, 0.5) is 10.5 Å². The van der Waals surface area contributed by atoms with Gasteiger partial charge in [-0.2, -0.15) is 0 Å². The van der Waals surface area contributed by atoms with Crippen LogP contribution < -0.4 is 10.1 Å². The summed E-state index contributed by atoms with van der Waals surface area (Å²) in [7, 11) is 0. The van der Waals surface area contributed by atoms with Crippen LogP contribution in [0.15, 0.2) is 41.8 Å². The van der Waals surface area contributed by atoms with Crippen LogP contribution in [0.25, 0.3) is 0 Å². The van der Waals surface area contributed by atoms with Crippen LogP contribution in [0, 0.1) is 0 Å². The lowest BCUT2D eigenvalue weighted by Crippen LogP contribution is -2.43. The minimum Gasteiger partial charge on any atom is -0.490 e. The van der Waals surface area contributed by atoms with E-state index in [9.17, 15) is 4.79 Å². The van der Waals surface area contributed by atoms with Crippen molar-refractivity contribution in [1.29, 1.82) is 0 Å². The smallest absolute Gasteiger partial charge is 0.321 e. The predicted molar refractivity (Wildman–Crippen MR) is 90.0 cm³/mol. The Morgan fingerprint density at radius 1 is 1.23 bits per heavy atom. The Hall–Kier alpha value is -1.72. The molecule has 6 heteroatoms. The van der Waals surface area contributed by atoms with Crippen LogP contribution in [0.2, 0.25) is 4.34 Å². The van der Waals surface area contributed by atoms with Crippen LogP contribution in [-0.2, 0) is 0 Å². The average molecular weight is 337 g/mol. The van der Waals surface area contributed by atoms with Crippen LogP contribution in [0.3, 0.4) is 0 Å². The number of nitrogens with one attached hydrogen (secondary N) is 1. The Balaban J connectivity index is 1.49. The molecule has 0 atom stereocenters. The fourth-order valence-corrected chi connectivity index (χ4v) is 3.28. The fourth-order valence-electron chi connectivity index (χ4n) is 2.44. The Morgan fingerprint density at radius 3 is 2.59 bits per heavy atom. The van der Waals surface area contributed by atoms with E-state index in [2.05, 4.69) is 5.32 Å². The third kappa shape index (κ3) is 3.72. The third-order valence-electron chi connectivity index (χ3n) is 3.63. The first kappa shape index (κ1) is 15.2. The molecule has 2 aromatic rings. The monoisotopic (exact) mass is 336 g/mol. The highest BCUT2D eigenvalue weighted by atomic mass is 35.5. The second kappa shape index (κ2) is 7.03. The molecule has 1 aliphatic heterocycles. The maximum Gasteiger partial charge on any atom is 0.321 e. The molecule has 0 aliphatic carbocycles. The van der Waals surface area contributed by atoms with Gasteiger partial charge in [0.15, 0.2) is 0 Å². The molecule has 3 rings (SSSR count). The number of benzene rings is 1. The summed E-state index contributed by atoms with van der Waals surface area (Å²) < 4.78 is 6.54. The molecule has 0 spiro atoms. The Kier molecular flexibility index (Phi) is 4.85.